The maximum Gasteiger partial charge on any atom is 0.342 e. The highest BCUT2D eigenvalue weighted by Gasteiger charge is 2.27. The van der Waals surface area contributed by atoms with Gasteiger partial charge in [-0.1, -0.05) is 0 Å². The van der Waals surface area contributed by atoms with Gasteiger partial charge in [-0.15, -0.1) is 0 Å². The summed E-state index contributed by atoms with van der Waals surface area (Å²) in [5.41, 5.74) is 0.164. The fourth-order valence-electron chi connectivity index (χ4n) is 1.73. The van der Waals surface area contributed by atoms with Gasteiger partial charge < -0.3 is 30.3 Å². The van der Waals surface area contributed by atoms with E-state index in [9.17, 15) is 25.2 Å². The van der Waals surface area contributed by atoms with Crippen LogP contribution in [0.15, 0.2) is 12.1 Å². The lowest BCUT2D eigenvalue weighted by Crippen LogP contribution is -2.40. The minimum atomic E-state index is -1.46. The number of hydrogen-bond donors (Lipinski definition) is 5. The lowest BCUT2D eigenvalue weighted by molar-refractivity contribution is -0.0780. The van der Waals surface area contributed by atoms with E-state index in [1.54, 1.807) is 0 Å². The Morgan fingerprint density at radius 1 is 1.30 bits per heavy atom. The molecule has 1 aromatic carbocycles. The van der Waals surface area contributed by atoms with E-state index in [-0.39, 0.29) is 11.3 Å². The van der Waals surface area contributed by atoms with Gasteiger partial charge in [-0.25, -0.2) is 4.79 Å². The van der Waals surface area contributed by atoms with Crippen LogP contribution in [-0.4, -0.2) is 56.4 Å². The van der Waals surface area contributed by atoms with Crippen LogP contribution in [0.4, 0.5) is 0 Å². The van der Waals surface area contributed by atoms with E-state index in [1.807, 2.05) is 0 Å². The van der Waals surface area contributed by atoms with Gasteiger partial charge in [-0.2, -0.15) is 0 Å². The number of aromatic hydroxyl groups is 2. The van der Waals surface area contributed by atoms with Crippen molar-refractivity contribution >= 4 is 5.97 Å². The normalized spacial score (nSPS) is 15.4. The van der Waals surface area contributed by atoms with Crippen molar-refractivity contribution in [1.29, 1.82) is 0 Å². The number of aliphatic hydroxyl groups is 3. The smallest absolute Gasteiger partial charge is 0.342 e. The van der Waals surface area contributed by atoms with Gasteiger partial charge in [0.05, 0.1) is 6.61 Å². The number of phenols is 2. The number of aliphatic hydroxyl groups excluding tert-OH is 3. The molecule has 0 aliphatic rings. The van der Waals surface area contributed by atoms with E-state index < -0.39 is 36.6 Å². The van der Waals surface area contributed by atoms with Gasteiger partial charge in [0.1, 0.15) is 35.4 Å². The molecule has 112 valence electrons. The fraction of sp³-hybridized carbons (Fsp3) is 0.462. The first-order chi connectivity index (χ1) is 9.27. The Balaban J connectivity index is 2.87. The summed E-state index contributed by atoms with van der Waals surface area (Å²) in [7, 11) is 0. The Labute approximate surface area is 115 Å². The van der Waals surface area contributed by atoms with Crippen LogP contribution in [0.2, 0.25) is 0 Å². The summed E-state index contributed by atoms with van der Waals surface area (Å²) >= 11 is 0. The van der Waals surface area contributed by atoms with Crippen molar-refractivity contribution in [3.63, 3.8) is 0 Å². The lowest BCUT2D eigenvalue weighted by atomic mass is 10.1. The summed E-state index contributed by atoms with van der Waals surface area (Å²) < 4.78 is 4.92. The molecule has 20 heavy (non-hydrogen) atoms. The number of benzene rings is 1. The molecule has 0 heterocycles. The molecule has 7 heteroatoms. The summed E-state index contributed by atoms with van der Waals surface area (Å²) in [6.07, 6.45) is -3.98. The largest absolute Gasteiger partial charge is 0.508 e. The molecule has 0 spiro atoms. The minimum absolute atomic E-state index is 0.139. The molecule has 0 amide bonds. The number of phenolic OH excluding ortho intramolecular Hbond substituents is 2. The van der Waals surface area contributed by atoms with E-state index >= 15 is 0 Å². The van der Waals surface area contributed by atoms with Gasteiger partial charge in [0.15, 0.2) is 0 Å². The summed E-state index contributed by atoms with van der Waals surface area (Å²) in [6.45, 7) is 2.17. The van der Waals surface area contributed by atoms with Gasteiger partial charge in [-0.05, 0) is 25.5 Å². The molecule has 3 atom stereocenters. The Morgan fingerprint density at radius 2 is 1.90 bits per heavy atom. The third-order valence-corrected chi connectivity index (χ3v) is 2.86. The fourth-order valence-corrected chi connectivity index (χ4v) is 1.73. The molecule has 0 aromatic heterocycles. The molecule has 1 rings (SSSR count). The molecular formula is C13H18O7. The Morgan fingerprint density at radius 3 is 2.40 bits per heavy atom. The maximum absolute atomic E-state index is 11.9. The molecule has 0 saturated heterocycles. The molecule has 7 nitrogen and oxygen atoms in total. The van der Waals surface area contributed by atoms with E-state index in [2.05, 4.69) is 0 Å². The van der Waals surface area contributed by atoms with Crippen molar-refractivity contribution in [3.8, 4) is 11.5 Å². The zero-order valence-electron chi connectivity index (χ0n) is 11.1. The second kappa shape index (κ2) is 6.56. The van der Waals surface area contributed by atoms with E-state index in [0.717, 1.165) is 6.07 Å². The molecule has 0 bridgehead atoms. The number of carbonyl (C=O) groups is 1. The first kappa shape index (κ1) is 16.2. The number of esters is 1. The third kappa shape index (κ3) is 3.60. The molecule has 5 N–H and O–H groups in total. The molecule has 0 aliphatic carbocycles. The van der Waals surface area contributed by atoms with Gasteiger partial charge >= 0.3 is 5.97 Å². The summed E-state index contributed by atoms with van der Waals surface area (Å²) in [5, 5.41) is 46.4. The molecule has 1 aromatic rings. The van der Waals surface area contributed by atoms with Crippen LogP contribution < -0.4 is 0 Å². The topological polar surface area (TPSA) is 127 Å². The van der Waals surface area contributed by atoms with Crippen molar-refractivity contribution in [2.45, 2.75) is 32.2 Å². The SMILES string of the molecule is Cc1cc(O)cc(O)c1C(=O)OC(C)C(O)C(O)CO. The van der Waals surface area contributed by atoms with Crippen LogP contribution in [0.1, 0.15) is 22.8 Å². The molecular weight excluding hydrogens is 268 g/mol. The lowest BCUT2D eigenvalue weighted by Gasteiger charge is -2.23. The number of aryl methyl sites for hydroxylation is 1. The van der Waals surface area contributed by atoms with Crippen molar-refractivity contribution in [3.05, 3.63) is 23.3 Å². The summed E-state index contributed by atoms with van der Waals surface area (Å²) in [4.78, 5) is 11.9. The monoisotopic (exact) mass is 286 g/mol. The quantitative estimate of drug-likeness (QED) is 0.469. The second-order valence-electron chi connectivity index (χ2n) is 4.51. The molecule has 0 saturated carbocycles. The molecule has 3 unspecified atom stereocenters. The van der Waals surface area contributed by atoms with Crippen LogP contribution in [0.3, 0.4) is 0 Å². The number of ether oxygens (including phenoxy) is 1. The van der Waals surface area contributed by atoms with Gasteiger partial charge in [0.25, 0.3) is 0 Å². The first-order valence-electron chi connectivity index (χ1n) is 5.98. The predicted molar refractivity (Wildman–Crippen MR) is 68.5 cm³/mol. The number of carbonyl (C=O) groups excluding carboxylic acids is 1. The highest BCUT2D eigenvalue weighted by Crippen LogP contribution is 2.27. The van der Waals surface area contributed by atoms with E-state index in [0.29, 0.717) is 5.56 Å². The average molecular weight is 286 g/mol. The average Bonchev–Trinajstić information content (AvgIpc) is 2.35. The predicted octanol–water partition coefficient (Wildman–Crippen LogP) is -0.334. The van der Waals surface area contributed by atoms with Crippen LogP contribution in [0, 0.1) is 6.92 Å². The highest BCUT2D eigenvalue weighted by molar-refractivity contribution is 5.94. The van der Waals surface area contributed by atoms with Crippen molar-refractivity contribution < 1.29 is 35.1 Å². The summed E-state index contributed by atoms with van der Waals surface area (Å²) in [6, 6.07) is 2.27. The molecule has 0 radical (unpaired) electrons. The Kier molecular flexibility index (Phi) is 5.32. The molecule has 0 aliphatic heterocycles. The van der Waals surface area contributed by atoms with Crippen molar-refractivity contribution in [1.82, 2.24) is 0 Å². The van der Waals surface area contributed by atoms with Crippen LogP contribution in [-0.2, 0) is 4.74 Å². The van der Waals surface area contributed by atoms with Crippen LogP contribution >= 0.6 is 0 Å². The molecule has 0 fully saturated rings. The number of hydrogen-bond acceptors (Lipinski definition) is 7. The van der Waals surface area contributed by atoms with Gasteiger partial charge in [0, 0.05) is 6.07 Å². The summed E-state index contributed by atoms with van der Waals surface area (Å²) in [5.74, 6) is -1.55. The zero-order valence-corrected chi connectivity index (χ0v) is 11.1. The number of rotatable bonds is 5. The van der Waals surface area contributed by atoms with Crippen molar-refractivity contribution in [2.75, 3.05) is 6.61 Å². The van der Waals surface area contributed by atoms with Gasteiger partial charge in [0.2, 0.25) is 0 Å². The second-order valence-corrected chi connectivity index (χ2v) is 4.51. The third-order valence-electron chi connectivity index (χ3n) is 2.86. The van der Waals surface area contributed by atoms with Crippen molar-refractivity contribution in [2.24, 2.45) is 0 Å². The first-order valence-corrected chi connectivity index (χ1v) is 5.98. The van der Waals surface area contributed by atoms with Gasteiger partial charge in [-0.3, -0.25) is 0 Å². The van der Waals surface area contributed by atoms with Crippen LogP contribution in [0.25, 0.3) is 0 Å². The zero-order chi connectivity index (χ0) is 15.4. The minimum Gasteiger partial charge on any atom is -0.508 e. The standard InChI is InChI=1S/C13H18O7/c1-6-3-8(15)4-9(16)11(6)13(19)20-7(2)12(18)10(17)5-14/h3-4,7,10,12,14-18H,5H2,1-2H3. The van der Waals surface area contributed by atoms with E-state index in [1.165, 1.54) is 19.9 Å². The maximum atomic E-state index is 11.9. The Hall–Kier alpha value is -1.83. The van der Waals surface area contributed by atoms with Crippen LogP contribution in [0.5, 0.6) is 11.5 Å². The highest BCUT2D eigenvalue weighted by atomic mass is 16.6. The van der Waals surface area contributed by atoms with E-state index in [4.69, 9.17) is 9.84 Å². The Bertz CT molecular complexity index is 463.